The normalized spacial score (nSPS) is 12.3. The van der Waals surface area contributed by atoms with Crippen LogP contribution in [0, 0.1) is 11.6 Å². The molecule has 0 unspecified atom stereocenters. The molecule has 1 aliphatic heterocycles. The van der Waals surface area contributed by atoms with E-state index >= 15 is 0 Å². The molecule has 0 saturated carbocycles. The molecule has 11 heteroatoms. The molecule has 0 fully saturated rings. The Morgan fingerprint density at radius 2 is 1.94 bits per heavy atom. The molecule has 156 valence electrons. The fraction of sp³-hybridized carbons (Fsp3) is 0.100. The van der Waals surface area contributed by atoms with E-state index in [1.54, 1.807) is 12.1 Å². The molecule has 0 bridgehead atoms. The standard InChI is InChI=1S/C20H13F2N5O4/c21-11-2-1-10(14(22)5-11)7-23-19-24-8-13-17(25-19)26-20(29)27(18(13)28)12-3-4-15-16(6-12)31-9-30-15/h1-6,8H,7,9H2,(H2,23,24,25,26,29). The molecule has 0 amide bonds. The number of benzene rings is 2. The number of aromatic amines is 1. The van der Waals surface area contributed by atoms with E-state index in [-0.39, 0.29) is 35.9 Å². The number of H-pyrrole nitrogens is 1. The van der Waals surface area contributed by atoms with Gasteiger partial charge in [0.15, 0.2) is 17.1 Å². The van der Waals surface area contributed by atoms with Crippen LogP contribution in [0.25, 0.3) is 16.7 Å². The van der Waals surface area contributed by atoms with Crippen molar-refractivity contribution in [3.63, 3.8) is 0 Å². The molecule has 1 aliphatic rings. The van der Waals surface area contributed by atoms with Gasteiger partial charge >= 0.3 is 5.69 Å². The minimum absolute atomic E-state index is 0.0177. The number of anilines is 1. The van der Waals surface area contributed by atoms with Gasteiger partial charge in [-0.2, -0.15) is 4.98 Å². The summed E-state index contributed by atoms with van der Waals surface area (Å²) in [5.41, 5.74) is -0.799. The predicted molar refractivity (Wildman–Crippen MR) is 106 cm³/mol. The lowest BCUT2D eigenvalue weighted by atomic mass is 10.2. The van der Waals surface area contributed by atoms with Gasteiger partial charge in [-0.05, 0) is 18.2 Å². The highest BCUT2D eigenvalue weighted by atomic mass is 19.1. The molecule has 0 radical (unpaired) electrons. The number of fused-ring (bicyclic) bond motifs is 2. The number of aromatic nitrogens is 4. The average molecular weight is 425 g/mol. The summed E-state index contributed by atoms with van der Waals surface area (Å²) in [6, 6.07) is 7.89. The van der Waals surface area contributed by atoms with Crippen LogP contribution in [-0.2, 0) is 6.54 Å². The summed E-state index contributed by atoms with van der Waals surface area (Å²) in [6.45, 7) is 0.0450. The Hall–Kier alpha value is -4.28. The summed E-state index contributed by atoms with van der Waals surface area (Å²) in [7, 11) is 0. The summed E-state index contributed by atoms with van der Waals surface area (Å²) in [4.78, 5) is 36.2. The van der Waals surface area contributed by atoms with E-state index in [1.165, 1.54) is 18.3 Å². The maximum atomic E-state index is 13.8. The first-order chi connectivity index (χ1) is 15.0. The van der Waals surface area contributed by atoms with Crippen molar-refractivity contribution in [1.82, 2.24) is 19.5 Å². The van der Waals surface area contributed by atoms with Gasteiger partial charge < -0.3 is 14.8 Å². The third-order valence-corrected chi connectivity index (χ3v) is 4.72. The summed E-state index contributed by atoms with van der Waals surface area (Å²) in [5.74, 6) is -0.390. The second kappa shape index (κ2) is 7.20. The zero-order valence-electron chi connectivity index (χ0n) is 15.7. The van der Waals surface area contributed by atoms with Gasteiger partial charge in [-0.15, -0.1) is 0 Å². The lowest BCUT2D eigenvalue weighted by Crippen LogP contribution is -2.34. The molecule has 0 saturated heterocycles. The lowest BCUT2D eigenvalue weighted by molar-refractivity contribution is 0.174. The Kier molecular flexibility index (Phi) is 4.35. The van der Waals surface area contributed by atoms with Crippen LogP contribution >= 0.6 is 0 Å². The molecule has 5 rings (SSSR count). The number of hydrogen-bond acceptors (Lipinski definition) is 7. The summed E-state index contributed by atoms with van der Waals surface area (Å²) in [6.07, 6.45) is 1.26. The van der Waals surface area contributed by atoms with Crippen molar-refractivity contribution in [3.8, 4) is 17.2 Å². The zero-order valence-corrected chi connectivity index (χ0v) is 15.7. The number of nitrogens with zero attached hydrogens (tertiary/aromatic N) is 3. The Morgan fingerprint density at radius 1 is 1.10 bits per heavy atom. The van der Waals surface area contributed by atoms with E-state index in [0.29, 0.717) is 17.2 Å². The number of nitrogens with one attached hydrogen (secondary N) is 2. The largest absolute Gasteiger partial charge is 0.454 e. The van der Waals surface area contributed by atoms with E-state index in [9.17, 15) is 18.4 Å². The highest BCUT2D eigenvalue weighted by Crippen LogP contribution is 2.33. The Morgan fingerprint density at radius 3 is 2.77 bits per heavy atom. The van der Waals surface area contributed by atoms with Crippen LogP contribution in [0.2, 0.25) is 0 Å². The molecule has 9 nitrogen and oxygen atoms in total. The van der Waals surface area contributed by atoms with Gasteiger partial charge in [0, 0.05) is 30.4 Å². The van der Waals surface area contributed by atoms with Gasteiger partial charge in [-0.25, -0.2) is 23.1 Å². The van der Waals surface area contributed by atoms with Crippen LogP contribution in [0.4, 0.5) is 14.7 Å². The van der Waals surface area contributed by atoms with Crippen molar-refractivity contribution in [1.29, 1.82) is 0 Å². The number of hydrogen-bond donors (Lipinski definition) is 2. The second-order valence-corrected chi connectivity index (χ2v) is 6.65. The van der Waals surface area contributed by atoms with Crippen molar-refractivity contribution in [3.05, 3.63) is 80.6 Å². The molecule has 2 N–H and O–H groups in total. The van der Waals surface area contributed by atoms with E-state index in [0.717, 1.165) is 16.7 Å². The fourth-order valence-corrected chi connectivity index (χ4v) is 3.19. The molecule has 3 heterocycles. The Balaban J connectivity index is 1.49. The quantitative estimate of drug-likeness (QED) is 0.515. The second-order valence-electron chi connectivity index (χ2n) is 6.65. The molecule has 0 atom stereocenters. The third-order valence-electron chi connectivity index (χ3n) is 4.72. The molecule has 2 aromatic heterocycles. The van der Waals surface area contributed by atoms with Gasteiger partial charge in [0.1, 0.15) is 17.0 Å². The van der Waals surface area contributed by atoms with Crippen LogP contribution < -0.4 is 26.0 Å². The molecular formula is C20H13F2N5O4. The predicted octanol–water partition coefficient (Wildman–Crippen LogP) is 2.09. The Bertz CT molecular complexity index is 1450. The molecule has 0 aliphatic carbocycles. The van der Waals surface area contributed by atoms with Crippen molar-refractivity contribution in [2.24, 2.45) is 0 Å². The van der Waals surface area contributed by atoms with E-state index in [4.69, 9.17) is 9.47 Å². The first kappa shape index (κ1) is 18.7. The van der Waals surface area contributed by atoms with E-state index < -0.39 is 22.9 Å². The van der Waals surface area contributed by atoms with Crippen molar-refractivity contribution in [2.75, 3.05) is 12.1 Å². The van der Waals surface area contributed by atoms with Crippen molar-refractivity contribution in [2.45, 2.75) is 6.54 Å². The fourth-order valence-electron chi connectivity index (χ4n) is 3.19. The minimum atomic E-state index is -0.715. The minimum Gasteiger partial charge on any atom is -0.454 e. The highest BCUT2D eigenvalue weighted by molar-refractivity contribution is 5.73. The SMILES string of the molecule is O=c1[nH]c2nc(NCc3ccc(F)cc3F)ncc2c(=O)n1-c1ccc2c(c1)OCO2. The van der Waals surface area contributed by atoms with Crippen LogP contribution in [0.15, 0.2) is 52.2 Å². The molecular weight excluding hydrogens is 412 g/mol. The maximum Gasteiger partial charge on any atom is 0.334 e. The van der Waals surface area contributed by atoms with Gasteiger partial charge in [0.05, 0.1) is 5.69 Å². The van der Waals surface area contributed by atoms with Crippen molar-refractivity contribution >= 4 is 17.0 Å². The van der Waals surface area contributed by atoms with Crippen LogP contribution in [-0.4, -0.2) is 26.3 Å². The topological polar surface area (TPSA) is 111 Å². The monoisotopic (exact) mass is 425 g/mol. The van der Waals surface area contributed by atoms with Crippen molar-refractivity contribution < 1.29 is 18.3 Å². The van der Waals surface area contributed by atoms with Gasteiger partial charge in [0.2, 0.25) is 12.7 Å². The van der Waals surface area contributed by atoms with Crippen LogP contribution in [0.3, 0.4) is 0 Å². The lowest BCUT2D eigenvalue weighted by Gasteiger charge is -2.09. The number of rotatable bonds is 4. The number of ether oxygens (including phenoxy) is 2. The number of halogens is 2. The zero-order chi connectivity index (χ0) is 21.5. The third kappa shape index (κ3) is 3.35. The summed E-state index contributed by atoms with van der Waals surface area (Å²) >= 11 is 0. The van der Waals surface area contributed by atoms with Gasteiger partial charge in [0.25, 0.3) is 5.56 Å². The maximum absolute atomic E-state index is 13.8. The highest BCUT2D eigenvalue weighted by Gasteiger charge is 2.17. The molecule has 0 spiro atoms. The van der Waals surface area contributed by atoms with Gasteiger partial charge in [-0.3, -0.25) is 9.78 Å². The smallest absolute Gasteiger partial charge is 0.334 e. The van der Waals surface area contributed by atoms with E-state index in [1.807, 2.05) is 0 Å². The summed E-state index contributed by atoms with van der Waals surface area (Å²) < 4.78 is 38.3. The average Bonchev–Trinajstić information content (AvgIpc) is 3.21. The summed E-state index contributed by atoms with van der Waals surface area (Å²) in [5, 5.41) is 2.86. The van der Waals surface area contributed by atoms with Gasteiger partial charge in [-0.1, -0.05) is 6.07 Å². The molecule has 31 heavy (non-hydrogen) atoms. The Labute approximate surface area is 171 Å². The van der Waals surface area contributed by atoms with Crippen LogP contribution in [0.5, 0.6) is 11.5 Å². The van der Waals surface area contributed by atoms with E-state index in [2.05, 4.69) is 20.3 Å². The first-order valence-electron chi connectivity index (χ1n) is 9.09. The van der Waals surface area contributed by atoms with Crippen LogP contribution in [0.1, 0.15) is 5.56 Å². The first-order valence-corrected chi connectivity index (χ1v) is 9.09. The molecule has 4 aromatic rings. The molecule has 2 aromatic carbocycles.